The zero-order valence-corrected chi connectivity index (χ0v) is 11.7. The molecule has 2 rings (SSSR count). The van der Waals surface area contributed by atoms with Crippen LogP contribution in [0, 0.1) is 12.8 Å². The average molecular weight is 265 g/mol. The van der Waals surface area contributed by atoms with Gasteiger partial charge < -0.3 is 5.11 Å². The number of carboxylic acids is 1. The number of hydrogen-bond donors (Lipinski definition) is 1. The van der Waals surface area contributed by atoms with Crippen molar-refractivity contribution in [2.75, 3.05) is 0 Å². The quantitative estimate of drug-likeness (QED) is 0.904. The molecule has 0 amide bonds. The van der Waals surface area contributed by atoms with Crippen molar-refractivity contribution in [2.24, 2.45) is 5.92 Å². The van der Waals surface area contributed by atoms with Crippen molar-refractivity contribution in [3.05, 3.63) is 23.4 Å². The molecule has 0 radical (unpaired) electrons. The van der Waals surface area contributed by atoms with Crippen LogP contribution >= 0.6 is 11.8 Å². The van der Waals surface area contributed by atoms with Crippen molar-refractivity contribution in [1.82, 2.24) is 4.98 Å². The second-order valence-electron chi connectivity index (χ2n) is 5.10. The highest BCUT2D eigenvalue weighted by molar-refractivity contribution is 7.99. The zero-order chi connectivity index (χ0) is 13.1. The molecule has 1 aliphatic carbocycles. The first-order valence-electron chi connectivity index (χ1n) is 6.44. The van der Waals surface area contributed by atoms with E-state index in [0.29, 0.717) is 16.5 Å². The smallest absolute Gasteiger partial charge is 0.337 e. The molecule has 1 heterocycles. The number of thioether (sulfide) groups is 1. The van der Waals surface area contributed by atoms with Crippen LogP contribution in [-0.2, 0) is 0 Å². The third-order valence-corrected chi connectivity index (χ3v) is 4.70. The second kappa shape index (κ2) is 5.74. The molecule has 0 spiro atoms. The van der Waals surface area contributed by atoms with Gasteiger partial charge in [-0.1, -0.05) is 19.8 Å². The van der Waals surface area contributed by atoms with Gasteiger partial charge in [0.05, 0.1) is 16.3 Å². The second-order valence-corrected chi connectivity index (χ2v) is 6.42. The minimum absolute atomic E-state index is 0.302. The van der Waals surface area contributed by atoms with Gasteiger partial charge in [-0.3, -0.25) is 0 Å². The molecule has 4 heteroatoms. The van der Waals surface area contributed by atoms with Gasteiger partial charge in [-0.05, 0) is 37.8 Å². The minimum Gasteiger partial charge on any atom is -0.478 e. The van der Waals surface area contributed by atoms with E-state index in [1.807, 2.05) is 6.07 Å². The van der Waals surface area contributed by atoms with E-state index in [0.717, 1.165) is 10.9 Å². The summed E-state index contributed by atoms with van der Waals surface area (Å²) in [7, 11) is 0. The molecule has 1 aromatic heterocycles. The zero-order valence-electron chi connectivity index (χ0n) is 10.8. The molecule has 0 aliphatic heterocycles. The Morgan fingerprint density at radius 1 is 1.44 bits per heavy atom. The van der Waals surface area contributed by atoms with Gasteiger partial charge in [0.15, 0.2) is 0 Å². The Kier molecular flexibility index (Phi) is 4.27. The minimum atomic E-state index is -0.900. The van der Waals surface area contributed by atoms with E-state index in [1.54, 1.807) is 24.8 Å². The number of aromatic carboxylic acids is 1. The van der Waals surface area contributed by atoms with Crippen LogP contribution < -0.4 is 0 Å². The summed E-state index contributed by atoms with van der Waals surface area (Å²) in [6.07, 6.45) is 5.12. The first-order valence-corrected chi connectivity index (χ1v) is 7.32. The van der Waals surface area contributed by atoms with Crippen LogP contribution in [0.4, 0.5) is 0 Å². The number of nitrogens with zero attached hydrogens (tertiary/aromatic N) is 1. The van der Waals surface area contributed by atoms with Crippen molar-refractivity contribution in [2.45, 2.75) is 49.8 Å². The van der Waals surface area contributed by atoms with Gasteiger partial charge >= 0.3 is 5.97 Å². The molecular formula is C14H19NO2S. The highest BCUT2D eigenvalue weighted by Gasteiger charge is 2.20. The Hall–Kier alpha value is -1.03. The lowest BCUT2D eigenvalue weighted by molar-refractivity contribution is 0.0695. The number of carbonyl (C=O) groups is 1. The summed E-state index contributed by atoms with van der Waals surface area (Å²) >= 11 is 1.80. The predicted molar refractivity (Wildman–Crippen MR) is 73.2 cm³/mol. The fraction of sp³-hybridized carbons (Fsp3) is 0.571. The molecule has 2 atom stereocenters. The number of carboxylic acid groups (broad SMARTS) is 1. The van der Waals surface area contributed by atoms with E-state index < -0.39 is 5.97 Å². The number of aryl methyl sites for hydroxylation is 1. The fourth-order valence-electron chi connectivity index (χ4n) is 2.49. The summed E-state index contributed by atoms with van der Waals surface area (Å²) in [4.78, 5) is 15.3. The van der Waals surface area contributed by atoms with Crippen LogP contribution in [0.15, 0.2) is 17.2 Å². The number of aromatic nitrogens is 1. The molecule has 0 saturated heterocycles. The van der Waals surface area contributed by atoms with E-state index in [4.69, 9.17) is 5.11 Å². The largest absolute Gasteiger partial charge is 0.478 e. The Morgan fingerprint density at radius 2 is 2.22 bits per heavy atom. The van der Waals surface area contributed by atoms with Gasteiger partial charge in [0.1, 0.15) is 0 Å². The molecule has 98 valence electrons. The van der Waals surface area contributed by atoms with Crippen LogP contribution in [0.25, 0.3) is 0 Å². The standard InChI is InChI=1S/C14H19NO2S/c1-9-4-3-5-11(8-9)18-13-7-6-12(14(16)17)10(2)15-13/h6-7,9,11H,3-5,8H2,1-2H3,(H,16,17). The van der Waals surface area contributed by atoms with E-state index in [-0.39, 0.29) is 0 Å². The van der Waals surface area contributed by atoms with Crippen molar-refractivity contribution >= 4 is 17.7 Å². The monoisotopic (exact) mass is 265 g/mol. The highest BCUT2D eigenvalue weighted by atomic mass is 32.2. The molecule has 18 heavy (non-hydrogen) atoms. The van der Waals surface area contributed by atoms with Gasteiger partial charge in [0, 0.05) is 5.25 Å². The average Bonchev–Trinajstić information content (AvgIpc) is 2.28. The normalized spacial score (nSPS) is 23.9. The molecule has 1 aliphatic rings. The molecule has 1 fully saturated rings. The van der Waals surface area contributed by atoms with Gasteiger partial charge in [-0.25, -0.2) is 9.78 Å². The lowest BCUT2D eigenvalue weighted by Gasteiger charge is -2.25. The SMILES string of the molecule is Cc1nc(SC2CCCC(C)C2)ccc1C(=O)O. The van der Waals surface area contributed by atoms with E-state index in [1.165, 1.54) is 25.7 Å². The topological polar surface area (TPSA) is 50.2 Å². The Balaban J connectivity index is 2.05. The molecule has 2 unspecified atom stereocenters. The third kappa shape index (κ3) is 3.25. The van der Waals surface area contributed by atoms with E-state index >= 15 is 0 Å². The van der Waals surface area contributed by atoms with Crippen LogP contribution in [-0.4, -0.2) is 21.3 Å². The molecule has 0 bridgehead atoms. The molecule has 1 N–H and O–H groups in total. The summed E-state index contributed by atoms with van der Waals surface area (Å²) in [5, 5.41) is 10.6. The Morgan fingerprint density at radius 3 is 2.83 bits per heavy atom. The number of hydrogen-bond acceptors (Lipinski definition) is 3. The maximum Gasteiger partial charge on any atom is 0.337 e. The molecule has 3 nitrogen and oxygen atoms in total. The first-order chi connectivity index (χ1) is 8.56. The molecule has 1 saturated carbocycles. The van der Waals surface area contributed by atoms with Crippen molar-refractivity contribution in [3.63, 3.8) is 0 Å². The first kappa shape index (κ1) is 13.4. The highest BCUT2D eigenvalue weighted by Crippen LogP contribution is 2.35. The summed E-state index contributed by atoms with van der Waals surface area (Å²) in [5.41, 5.74) is 0.910. The number of pyridine rings is 1. The van der Waals surface area contributed by atoms with Gasteiger partial charge in [0.25, 0.3) is 0 Å². The maximum absolute atomic E-state index is 10.9. The summed E-state index contributed by atoms with van der Waals surface area (Å²) in [5.74, 6) is -0.0986. The fourth-order valence-corrected chi connectivity index (χ4v) is 3.87. The summed E-state index contributed by atoms with van der Waals surface area (Å²) in [6.45, 7) is 4.07. The van der Waals surface area contributed by atoms with Gasteiger partial charge in [-0.15, -0.1) is 11.8 Å². The van der Waals surface area contributed by atoms with Crippen LogP contribution in [0.1, 0.15) is 48.7 Å². The summed E-state index contributed by atoms with van der Waals surface area (Å²) < 4.78 is 0. The third-order valence-electron chi connectivity index (χ3n) is 3.47. The van der Waals surface area contributed by atoms with Crippen LogP contribution in [0.2, 0.25) is 0 Å². The van der Waals surface area contributed by atoms with Crippen molar-refractivity contribution in [1.29, 1.82) is 0 Å². The molecule has 0 aromatic carbocycles. The lowest BCUT2D eigenvalue weighted by atomic mass is 9.91. The van der Waals surface area contributed by atoms with Crippen LogP contribution in [0.5, 0.6) is 0 Å². The Bertz CT molecular complexity index is 447. The van der Waals surface area contributed by atoms with Crippen LogP contribution in [0.3, 0.4) is 0 Å². The van der Waals surface area contributed by atoms with Gasteiger partial charge in [-0.2, -0.15) is 0 Å². The Labute approximate surface area is 112 Å². The maximum atomic E-state index is 10.9. The van der Waals surface area contributed by atoms with E-state index in [2.05, 4.69) is 11.9 Å². The lowest BCUT2D eigenvalue weighted by Crippen LogP contribution is -2.15. The summed E-state index contributed by atoms with van der Waals surface area (Å²) in [6, 6.07) is 3.50. The van der Waals surface area contributed by atoms with E-state index in [9.17, 15) is 4.79 Å². The number of rotatable bonds is 3. The molecular weight excluding hydrogens is 246 g/mol. The molecule has 1 aromatic rings. The van der Waals surface area contributed by atoms with Crippen molar-refractivity contribution in [3.8, 4) is 0 Å². The predicted octanol–water partition coefficient (Wildman–Crippen LogP) is 3.76. The van der Waals surface area contributed by atoms with Gasteiger partial charge in [0.2, 0.25) is 0 Å². The van der Waals surface area contributed by atoms with Crippen molar-refractivity contribution < 1.29 is 9.90 Å².